The second-order valence-electron chi connectivity index (χ2n) is 3.96. The van der Waals surface area contributed by atoms with E-state index in [1.807, 2.05) is 6.92 Å². The highest BCUT2D eigenvalue weighted by molar-refractivity contribution is 5.73. The van der Waals surface area contributed by atoms with E-state index >= 15 is 0 Å². The van der Waals surface area contributed by atoms with Gasteiger partial charge in [-0.15, -0.1) is 0 Å². The molecule has 0 spiro atoms. The van der Waals surface area contributed by atoms with Crippen LogP contribution >= 0.6 is 0 Å². The smallest absolute Gasteiger partial charge is 0.320 e. The fourth-order valence-corrected chi connectivity index (χ4v) is 2.10. The van der Waals surface area contributed by atoms with Crippen LogP contribution in [0.4, 0.5) is 0 Å². The maximum absolute atomic E-state index is 11.2. The summed E-state index contributed by atoms with van der Waals surface area (Å²) in [5, 5.41) is 9.20. The van der Waals surface area contributed by atoms with E-state index in [0.29, 0.717) is 25.6 Å². The number of aliphatic carboxylic acids is 1. The van der Waals surface area contributed by atoms with Gasteiger partial charge in [0.1, 0.15) is 6.04 Å². The lowest BCUT2D eigenvalue weighted by molar-refractivity contribution is -0.144. The third-order valence-electron chi connectivity index (χ3n) is 3.04. The van der Waals surface area contributed by atoms with Crippen LogP contribution in [0.5, 0.6) is 0 Å². The Labute approximate surface area is 98.6 Å². The number of carboxylic acids is 1. The monoisotopic (exact) mass is 231 g/mol. The summed E-state index contributed by atoms with van der Waals surface area (Å²) in [4.78, 5) is 13.3. The molecular weight excluding hydrogens is 206 g/mol. The largest absolute Gasteiger partial charge is 0.480 e. The molecule has 0 heterocycles. The van der Waals surface area contributed by atoms with Crippen LogP contribution in [0.3, 0.4) is 0 Å². The van der Waals surface area contributed by atoms with Gasteiger partial charge in [0, 0.05) is 19.7 Å². The van der Waals surface area contributed by atoms with Gasteiger partial charge in [0.05, 0.1) is 6.61 Å². The zero-order chi connectivity index (χ0) is 12.6. The molecule has 0 amide bonds. The normalized spacial score (nSPS) is 13.4. The van der Waals surface area contributed by atoms with Gasteiger partial charge < -0.3 is 9.84 Å². The van der Waals surface area contributed by atoms with E-state index in [9.17, 15) is 9.90 Å². The predicted octanol–water partition coefficient (Wildman–Crippen LogP) is 1.99. The Kier molecular flexibility index (Phi) is 8.21. The van der Waals surface area contributed by atoms with Gasteiger partial charge in [-0.3, -0.25) is 9.69 Å². The van der Waals surface area contributed by atoms with Gasteiger partial charge in [-0.05, 0) is 19.3 Å². The van der Waals surface area contributed by atoms with Gasteiger partial charge in [0.15, 0.2) is 0 Å². The Morgan fingerprint density at radius 3 is 2.12 bits per heavy atom. The quantitative estimate of drug-likeness (QED) is 0.659. The average molecular weight is 231 g/mol. The van der Waals surface area contributed by atoms with Gasteiger partial charge in [-0.1, -0.05) is 20.8 Å². The molecule has 0 aliphatic heterocycles. The summed E-state index contributed by atoms with van der Waals surface area (Å²) in [6.07, 6.45) is 2.59. The molecule has 1 unspecified atom stereocenters. The van der Waals surface area contributed by atoms with Crippen molar-refractivity contribution in [2.45, 2.75) is 52.1 Å². The molecule has 1 N–H and O–H groups in total. The zero-order valence-corrected chi connectivity index (χ0v) is 10.9. The lowest BCUT2D eigenvalue weighted by Crippen LogP contribution is -2.48. The number of methoxy groups -OCH3 is 1. The topological polar surface area (TPSA) is 49.8 Å². The molecule has 0 radical (unpaired) electrons. The van der Waals surface area contributed by atoms with Crippen LogP contribution in [0.25, 0.3) is 0 Å². The SMILES string of the molecule is CCC(CC)N(CCOC)C(CC)C(=O)O. The second-order valence-corrected chi connectivity index (χ2v) is 3.96. The molecule has 0 saturated carbocycles. The highest BCUT2D eigenvalue weighted by Crippen LogP contribution is 2.15. The first-order chi connectivity index (χ1) is 7.62. The number of hydrogen-bond acceptors (Lipinski definition) is 3. The van der Waals surface area contributed by atoms with Crippen LogP contribution in [0.15, 0.2) is 0 Å². The van der Waals surface area contributed by atoms with Crippen LogP contribution in [0, 0.1) is 0 Å². The summed E-state index contributed by atoms with van der Waals surface area (Å²) in [7, 11) is 1.65. The molecular formula is C12H25NO3. The molecule has 0 fully saturated rings. The van der Waals surface area contributed by atoms with E-state index in [-0.39, 0.29) is 6.04 Å². The lowest BCUT2D eigenvalue weighted by atomic mass is 10.1. The first kappa shape index (κ1) is 15.4. The van der Waals surface area contributed by atoms with Gasteiger partial charge in [0.2, 0.25) is 0 Å². The van der Waals surface area contributed by atoms with Crippen molar-refractivity contribution in [1.29, 1.82) is 0 Å². The fourth-order valence-electron chi connectivity index (χ4n) is 2.10. The minimum Gasteiger partial charge on any atom is -0.480 e. The third kappa shape index (κ3) is 4.49. The third-order valence-corrected chi connectivity index (χ3v) is 3.04. The Morgan fingerprint density at radius 2 is 1.81 bits per heavy atom. The molecule has 0 saturated heterocycles. The highest BCUT2D eigenvalue weighted by Gasteiger charge is 2.27. The van der Waals surface area contributed by atoms with Crippen LogP contribution in [0.1, 0.15) is 40.0 Å². The molecule has 0 aromatic heterocycles. The molecule has 0 aliphatic carbocycles. The van der Waals surface area contributed by atoms with Crippen molar-refractivity contribution in [3.05, 3.63) is 0 Å². The highest BCUT2D eigenvalue weighted by atomic mass is 16.5. The standard InChI is InChI=1S/C12H25NO3/c1-5-10(6-2)13(8-9-16-4)11(7-3)12(14)15/h10-11H,5-9H2,1-4H3,(H,14,15). The molecule has 16 heavy (non-hydrogen) atoms. The van der Waals surface area contributed by atoms with E-state index < -0.39 is 5.97 Å². The molecule has 0 rings (SSSR count). The first-order valence-corrected chi connectivity index (χ1v) is 6.09. The molecule has 0 aromatic carbocycles. The van der Waals surface area contributed by atoms with Crippen molar-refractivity contribution in [3.63, 3.8) is 0 Å². The molecule has 96 valence electrons. The van der Waals surface area contributed by atoms with Crippen LogP contribution < -0.4 is 0 Å². The molecule has 0 aliphatic rings. The van der Waals surface area contributed by atoms with Crippen LogP contribution in [0.2, 0.25) is 0 Å². The second kappa shape index (κ2) is 8.53. The molecule has 1 atom stereocenters. The maximum Gasteiger partial charge on any atom is 0.320 e. The number of nitrogens with zero attached hydrogens (tertiary/aromatic N) is 1. The van der Waals surface area contributed by atoms with Crippen molar-refractivity contribution < 1.29 is 14.6 Å². The lowest BCUT2D eigenvalue weighted by Gasteiger charge is -2.34. The Hall–Kier alpha value is -0.610. The van der Waals surface area contributed by atoms with Crippen molar-refractivity contribution in [1.82, 2.24) is 4.90 Å². The minimum atomic E-state index is -0.731. The Bertz CT molecular complexity index is 193. The summed E-state index contributed by atoms with van der Waals surface area (Å²) < 4.78 is 5.05. The van der Waals surface area contributed by atoms with Crippen molar-refractivity contribution >= 4 is 5.97 Å². The fraction of sp³-hybridized carbons (Fsp3) is 0.917. The van der Waals surface area contributed by atoms with Crippen molar-refractivity contribution in [3.8, 4) is 0 Å². The van der Waals surface area contributed by atoms with Gasteiger partial charge >= 0.3 is 5.97 Å². The van der Waals surface area contributed by atoms with E-state index in [2.05, 4.69) is 18.7 Å². The summed E-state index contributed by atoms with van der Waals surface area (Å²) in [5.41, 5.74) is 0. The van der Waals surface area contributed by atoms with Gasteiger partial charge in [-0.2, -0.15) is 0 Å². The number of carbonyl (C=O) groups is 1. The van der Waals surface area contributed by atoms with Gasteiger partial charge in [-0.25, -0.2) is 0 Å². The zero-order valence-electron chi connectivity index (χ0n) is 10.9. The summed E-state index contributed by atoms with van der Waals surface area (Å²) in [6.45, 7) is 7.39. The molecule has 0 bridgehead atoms. The van der Waals surface area contributed by atoms with Crippen molar-refractivity contribution in [2.24, 2.45) is 0 Å². The number of hydrogen-bond donors (Lipinski definition) is 1. The summed E-state index contributed by atoms with van der Waals surface area (Å²) in [5.74, 6) is -0.731. The molecule has 0 aromatic rings. The Morgan fingerprint density at radius 1 is 1.25 bits per heavy atom. The van der Waals surface area contributed by atoms with Crippen LogP contribution in [-0.4, -0.2) is 48.3 Å². The van der Waals surface area contributed by atoms with E-state index in [4.69, 9.17) is 4.74 Å². The molecule has 4 heteroatoms. The van der Waals surface area contributed by atoms with Crippen molar-refractivity contribution in [2.75, 3.05) is 20.3 Å². The minimum absolute atomic E-state index is 0.330. The Balaban J connectivity index is 4.66. The van der Waals surface area contributed by atoms with E-state index in [0.717, 1.165) is 12.8 Å². The number of rotatable bonds is 9. The maximum atomic E-state index is 11.2. The predicted molar refractivity (Wildman–Crippen MR) is 64.7 cm³/mol. The number of ether oxygens (including phenoxy) is 1. The summed E-state index contributed by atoms with van der Waals surface area (Å²) in [6, 6.07) is -0.0590. The van der Waals surface area contributed by atoms with Crippen LogP contribution in [-0.2, 0) is 9.53 Å². The number of carboxylic acid groups (broad SMARTS) is 1. The van der Waals surface area contributed by atoms with Gasteiger partial charge in [0.25, 0.3) is 0 Å². The molecule has 4 nitrogen and oxygen atoms in total. The first-order valence-electron chi connectivity index (χ1n) is 6.09. The average Bonchev–Trinajstić information content (AvgIpc) is 2.27. The van der Waals surface area contributed by atoms with E-state index in [1.54, 1.807) is 7.11 Å². The summed E-state index contributed by atoms with van der Waals surface area (Å²) >= 11 is 0. The van der Waals surface area contributed by atoms with E-state index in [1.165, 1.54) is 0 Å².